The van der Waals surface area contributed by atoms with E-state index >= 15 is 0 Å². The summed E-state index contributed by atoms with van der Waals surface area (Å²) >= 11 is 1.32. The number of hydroxylamine groups is 1. The number of hydrogen-bond donors (Lipinski definition) is 3. The Morgan fingerprint density at radius 3 is 2.73 bits per heavy atom. The summed E-state index contributed by atoms with van der Waals surface area (Å²) in [7, 11) is -3.57. The summed E-state index contributed by atoms with van der Waals surface area (Å²) in [6, 6.07) is 10.9. The highest BCUT2D eigenvalue weighted by Gasteiger charge is 2.49. The van der Waals surface area contributed by atoms with Gasteiger partial charge < -0.3 is 5.32 Å². The lowest BCUT2D eigenvalue weighted by molar-refractivity contribution is -0.130. The van der Waals surface area contributed by atoms with Crippen molar-refractivity contribution in [2.45, 2.75) is 37.4 Å². The number of hydrogen-bond acceptors (Lipinski definition) is 6. The number of sulfone groups is 1. The molecule has 1 aromatic heterocycles. The molecule has 2 aromatic rings. The predicted octanol–water partition coefficient (Wildman–Crippen LogP) is 3.62. The molecule has 1 aliphatic heterocycles. The summed E-state index contributed by atoms with van der Waals surface area (Å²) in [5.41, 5.74) is 3.04. The SMILES string of the molecule is CC=CC(=O)Nc1cccc(-c2ccc([C@@]3(CC(=O)NO)CCCCS3(=O)=O)s2)c1. The van der Waals surface area contributed by atoms with Gasteiger partial charge in [0, 0.05) is 15.4 Å². The molecule has 1 atom stereocenters. The van der Waals surface area contributed by atoms with Gasteiger partial charge in [-0.05, 0) is 55.7 Å². The topological polar surface area (TPSA) is 113 Å². The van der Waals surface area contributed by atoms with E-state index in [0.29, 0.717) is 29.8 Å². The molecule has 7 nitrogen and oxygen atoms in total. The zero-order valence-corrected chi connectivity index (χ0v) is 18.2. The van der Waals surface area contributed by atoms with E-state index in [1.54, 1.807) is 30.6 Å². The van der Waals surface area contributed by atoms with Crippen molar-refractivity contribution in [3.63, 3.8) is 0 Å². The first kappa shape index (κ1) is 22.2. The first-order chi connectivity index (χ1) is 14.3. The highest BCUT2D eigenvalue weighted by atomic mass is 32.2. The minimum atomic E-state index is -3.57. The van der Waals surface area contributed by atoms with E-state index in [4.69, 9.17) is 5.21 Å². The molecule has 0 bridgehead atoms. The number of anilines is 1. The molecule has 3 N–H and O–H groups in total. The van der Waals surface area contributed by atoms with Crippen LogP contribution in [0.4, 0.5) is 5.69 Å². The third kappa shape index (κ3) is 4.48. The van der Waals surface area contributed by atoms with Gasteiger partial charge in [-0.25, -0.2) is 13.9 Å². The van der Waals surface area contributed by atoms with Gasteiger partial charge >= 0.3 is 0 Å². The number of amides is 2. The smallest absolute Gasteiger partial charge is 0.248 e. The van der Waals surface area contributed by atoms with Crippen molar-refractivity contribution >= 4 is 38.7 Å². The van der Waals surface area contributed by atoms with Crippen LogP contribution >= 0.6 is 11.3 Å². The van der Waals surface area contributed by atoms with Gasteiger partial charge in [0.15, 0.2) is 9.84 Å². The van der Waals surface area contributed by atoms with E-state index in [-0.39, 0.29) is 18.1 Å². The van der Waals surface area contributed by atoms with Gasteiger partial charge in [0.05, 0.1) is 12.2 Å². The van der Waals surface area contributed by atoms with Crippen molar-refractivity contribution in [2.24, 2.45) is 0 Å². The van der Waals surface area contributed by atoms with Gasteiger partial charge in [-0.15, -0.1) is 11.3 Å². The molecular formula is C21H24N2O5S2. The quantitative estimate of drug-likeness (QED) is 0.355. The van der Waals surface area contributed by atoms with Crippen molar-refractivity contribution in [1.29, 1.82) is 0 Å². The lowest BCUT2D eigenvalue weighted by Crippen LogP contribution is -2.43. The highest BCUT2D eigenvalue weighted by molar-refractivity contribution is 7.92. The second kappa shape index (κ2) is 9.11. The van der Waals surface area contributed by atoms with Crippen molar-refractivity contribution in [2.75, 3.05) is 11.1 Å². The van der Waals surface area contributed by atoms with Crippen LogP contribution in [0.15, 0.2) is 48.6 Å². The maximum absolute atomic E-state index is 13.0. The maximum atomic E-state index is 13.0. The van der Waals surface area contributed by atoms with Crippen LogP contribution in [0.25, 0.3) is 10.4 Å². The number of carbonyl (C=O) groups is 2. The normalized spacial score (nSPS) is 20.7. The minimum Gasteiger partial charge on any atom is -0.323 e. The van der Waals surface area contributed by atoms with E-state index < -0.39 is 20.5 Å². The van der Waals surface area contributed by atoms with Gasteiger partial charge in [0.2, 0.25) is 11.8 Å². The van der Waals surface area contributed by atoms with Crippen molar-refractivity contribution in [1.82, 2.24) is 5.48 Å². The molecule has 1 fully saturated rings. The molecule has 2 amide bonds. The molecule has 0 aliphatic carbocycles. The first-order valence-electron chi connectivity index (χ1n) is 9.61. The maximum Gasteiger partial charge on any atom is 0.248 e. The third-order valence-electron chi connectivity index (χ3n) is 5.20. The van der Waals surface area contributed by atoms with Crippen molar-refractivity contribution < 1.29 is 23.2 Å². The third-order valence-corrected chi connectivity index (χ3v) is 9.25. The number of nitrogens with one attached hydrogen (secondary N) is 2. The van der Waals surface area contributed by atoms with Gasteiger partial charge in [-0.3, -0.25) is 14.8 Å². The summed E-state index contributed by atoms with van der Waals surface area (Å²) in [6.07, 6.45) is 4.36. The Balaban J connectivity index is 1.97. The Morgan fingerprint density at radius 1 is 1.23 bits per heavy atom. The van der Waals surface area contributed by atoms with Crippen LogP contribution in [-0.2, 0) is 24.2 Å². The molecule has 1 aromatic carbocycles. The molecule has 9 heteroatoms. The molecule has 0 unspecified atom stereocenters. The van der Waals surface area contributed by atoms with Gasteiger partial charge in [0.1, 0.15) is 4.75 Å². The van der Waals surface area contributed by atoms with E-state index in [2.05, 4.69) is 5.32 Å². The molecule has 160 valence electrons. The summed E-state index contributed by atoms with van der Waals surface area (Å²) in [5, 5.41) is 11.8. The van der Waals surface area contributed by atoms with Crippen LogP contribution < -0.4 is 10.8 Å². The van der Waals surface area contributed by atoms with Crippen LogP contribution in [0, 0.1) is 0 Å². The van der Waals surface area contributed by atoms with Crippen molar-refractivity contribution in [3.8, 4) is 10.4 Å². The van der Waals surface area contributed by atoms with Crippen LogP contribution in [-0.4, -0.2) is 31.2 Å². The van der Waals surface area contributed by atoms with Crippen LogP contribution in [0.1, 0.15) is 37.5 Å². The monoisotopic (exact) mass is 448 g/mol. The fourth-order valence-electron chi connectivity index (χ4n) is 3.74. The molecule has 2 heterocycles. The number of carbonyl (C=O) groups excluding carboxylic acids is 2. The first-order valence-corrected chi connectivity index (χ1v) is 12.1. The molecule has 3 rings (SSSR count). The standard InChI is InChI=1S/C21H24N2O5S2/c1-2-6-19(24)22-16-8-5-7-15(13-16)17-9-10-18(29-17)21(14-20(25)23-26)11-3-4-12-30(21,27)28/h2,5-10,13,26H,3-4,11-12,14H2,1H3,(H,22,24)(H,23,25)/t21-/m0/s1. The van der Waals surface area contributed by atoms with E-state index in [1.807, 2.05) is 24.3 Å². The molecular weight excluding hydrogens is 424 g/mol. The number of allylic oxidation sites excluding steroid dienone is 1. The van der Waals surface area contributed by atoms with Crippen molar-refractivity contribution in [3.05, 3.63) is 53.4 Å². The Hall–Kier alpha value is -2.49. The zero-order chi connectivity index (χ0) is 21.8. The lowest BCUT2D eigenvalue weighted by atomic mass is 9.94. The van der Waals surface area contributed by atoms with E-state index in [0.717, 1.165) is 10.4 Å². The number of benzene rings is 1. The van der Waals surface area contributed by atoms with Gasteiger partial charge in [-0.1, -0.05) is 24.6 Å². The van der Waals surface area contributed by atoms with E-state index in [1.165, 1.54) is 17.4 Å². The predicted molar refractivity (Wildman–Crippen MR) is 117 cm³/mol. The minimum absolute atomic E-state index is 0.0193. The molecule has 1 aliphatic rings. The second-order valence-electron chi connectivity index (χ2n) is 7.22. The zero-order valence-electron chi connectivity index (χ0n) is 16.6. The number of rotatable bonds is 6. The Labute approximate surface area is 179 Å². The van der Waals surface area contributed by atoms with Gasteiger partial charge in [0.25, 0.3) is 0 Å². The molecule has 30 heavy (non-hydrogen) atoms. The fourth-order valence-corrected chi connectivity index (χ4v) is 7.51. The second-order valence-corrected chi connectivity index (χ2v) is 10.7. The van der Waals surface area contributed by atoms with E-state index in [9.17, 15) is 18.0 Å². The molecule has 1 saturated heterocycles. The largest absolute Gasteiger partial charge is 0.323 e. The average Bonchev–Trinajstić information content (AvgIpc) is 3.20. The van der Waals surface area contributed by atoms with Gasteiger partial charge in [-0.2, -0.15) is 0 Å². The Kier molecular flexibility index (Phi) is 6.74. The van der Waals surface area contributed by atoms with Crippen LogP contribution in [0.2, 0.25) is 0 Å². The lowest BCUT2D eigenvalue weighted by Gasteiger charge is -2.35. The van der Waals surface area contributed by atoms with Crippen LogP contribution in [0.3, 0.4) is 0 Å². The summed E-state index contributed by atoms with van der Waals surface area (Å²) < 4.78 is 24.7. The summed E-state index contributed by atoms with van der Waals surface area (Å²) in [4.78, 5) is 25.2. The average molecular weight is 449 g/mol. The Bertz CT molecular complexity index is 1070. The Morgan fingerprint density at radius 2 is 2.03 bits per heavy atom. The van der Waals surface area contributed by atoms with Crippen LogP contribution in [0.5, 0.6) is 0 Å². The summed E-state index contributed by atoms with van der Waals surface area (Å²) in [5.74, 6) is -0.932. The number of thiophene rings is 1. The fraction of sp³-hybridized carbons (Fsp3) is 0.333. The molecule has 0 saturated carbocycles. The molecule has 0 spiro atoms. The summed E-state index contributed by atoms with van der Waals surface area (Å²) in [6.45, 7) is 1.76. The molecule has 0 radical (unpaired) electrons. The highest BCUT2D eigenvalue weighted by Crippen LogP contribution is 2.47.